The van der Waals surface area contributed by atoms with Gasteiger partial charge in [-0.05, 0) is 54.2 Å². The van der Waals surface area contributed by atoms with Crippen LogP contribution >= 0.6 is 34.5 Å². The maximum Gasteiger partial charge on any atom is 0.417 e. The highest BCUT2D eigenvalue weighted by Gasteiger charge is 2.37. The third-order valence-electron chi connectivity index (χ3n) is 4.57. The van der Waals surface area contributed by atoms with Crippen LogP contribution in [-0.2, 0) is 17.6 Å². The summed E-state index contributed by atoms with van der Waals surface area (Å²) >= 11 is 12.3. The third-order valence-corrected chi connectivity index (χ3v) is 6.45. The number of hydrogen-bond acceptors (Lipinski definition) is 3. The van der Waals surface area contributed by atoms with E-state index in [1.54, 1.807) is 0 Å². The third kappa shape index (κ3) is 4.22. The molecule has 0 saturated heterocycles. The number of rotatable bonds is 5. The number of halogens is 6. The largest absolute Gasteiger partial charge is 0.496 e. The Morgan fingerprint density at radius 2 is 1.72 bits per heavy atom. The van der Waals surface area contributed by atoms with E-state index < -0.39 is 39.0 Å². The molecule has 0 radical (unpaired) electrons. The normalized spacial score (nSPS) is 14.1. The molecule has 2 nitrogen and oxygen atoms in total. The molecule has 154 valence electrons. The first-order valence-electron chi connectivity index (χ1n) is 8.40. The predicted molar refractivity (Wildman–Crippen MR) is 107 cm³/mol. The van der Waals surface area contributed by atoms with E-state index in [2.05, 4.69) is 6.58 Å². The highest BCUT2D eigenvalue weighted by Crippen LogP contribution is 2.41. The molecular formula is C20H14Cl2F4O2S. The van der Waals surface area contributed by atoms with Gasteiger partial charge < -0.3 is 4.74 Å². The number of hydrogen-bond donors (Lipinski definition) is 0. The zero-order valence-corrected chi connectivity index (χ0v) is 17.4. The molecule has 1 aromatic heterocycles. The first-order valence-corrected chi connectivity index (χ1v) is 9.97. The number of alkyl halides is 3. The van der Waals surface area contributed by atoms with Crippen LogP contribution in [0.15, 0.2) is 24.8 Å². The molecule has 1 aromatic carbocycles. The lowest BCUT2D eigenvalue weighted by Crippen LogP contribution is -2.13. The monoisotopic (exact) mass is 464 g/mol. The van der Waals surface area contributed by atoms with Crippen molar-refractivity contribution >= 4 is 51.7 Å². The van der Waals surface area contributed by atoms with Crippen LogP contribution in [0, 0.1) is 5.82 Å². The van der Waals surface area contributed by atoms with E-state index in [4.69, 9.17) is 27.9 Å². The standard InChI is InChI=1S/C20H14Cl2F4O2S/c1-9(28-2)18-11-4-3-5-12(11)19(29-18)16(27)8-13(20(24,25)26)10-6-14(21)17(23)15(22)7-10/h6-8H,1,3-5H2,2H3/b13-8-. The van der Waals surface area contributed by atoms with Gasteiger partial charge in [-0.3, -0.25) is 4.79 Å². The number of benzene rings is 1. The Morgan fingerprint density at radius 3 is 2.24 bits per heavy atom. The van der Waals surface area contributed by atoms with Crippen LogP contribution in [-0.4, -0.2) is 19.1 Å². The SMILES string of the molecule is C=C(OC)c1sc(C(=O)/C=C(/c2cc(Cl)c(F)c(Cl)c2)C(F)(F)F)c2c1CCC2. The molecule has 0 saturated carbocycles. The van der Waals surface area contributed by atoms with Gasteiger partial charge in [0.1, 0.15) is 5.76 Å². The summed E-state index contributed by atoms with van der Waals surface area (Å²) in [5.41, 5.74) is -0.128. The van der Waals surface area contributed by atoms with E-state index >= 15 is 0 Å². The van der Waals surface area contributed by atoms with Crippen molar-refractivity contribution in [2.45, 2.75) is 25.4 Å². The molecular weight excluding hydrogens is 451 g/mol. The van der Waals surface area contributed by atoms with Crippen molar-refractivity contribution in [3.05, 3.63) is 67.1 Å². The van der Waals surface area contributed by atoms with Gasteiger partial charge in [-0.2, -0.15) is 13.2 Å². The second-order valence-electron chi connectivity index (χ2n) is 6.37. The lowest BCUT2D eigenvalue weighted by molar-refractivity contribution is -0.0689. The van der Waals surface area contributed by atoms with Gasteiger partial charge in [0.15, 0.2) is 11.6 Å². The van der Waals surface area contributed by atoms with Crippen molar-refractivity contribution in [1.29, 1.82) is 0 Å². The average molecular weight is 465 g/mol. The Hall–Kier alpha value is -1.83. The molecule has 0 atom stereocenters. The zero-order valence-electron chi connectivity index (χ0n) is 15.1. The van der Waals surface area contributed by atoms with Crippen LogP contribution in [0.5, 0.6) is 0 Å². The number of carbonyl (C=O) groups excluding carboxylic acids is 1. The van der Waals surface area contributed by atoms with Crippen molar-refractivity contribution in [2.24, 2.45) is 0 Å². The smallest absolute Gasteiger partial charge is 0.417 e. The Labute approximate surface area is 178 Å². The van der Waals surface area contributed by atoms with E-state index in [-0.39, 0.29) is 4.88 Å². The van der Waals surface area contributed by atoms with Crippen molar-refractivity contribution in [3.8, 4) is 0 Å². The van der Waals surface area contributed by atoms with Crippen molar-refractivity contribution in [3.63, 3.8) is 0 Å². The fourth-order valence-electron chi connectivity index (χ4n) is 3.22. The summed E-state index contributed by atoms with van der Waals surface area (Å²) in [5, 5.41) is -1.13. The van der Waals surface area contributed by atoms with E-state index in [0.29, 0.717) is 29.6 Å². The van der Waals surface area contributed by atoms with Crippen molar-refractivity contribution < 1.29 is 27.1 Å². The maximum atomic E-state index is 13.7. The Bertz CT molecular complexity index is 1010. The van der Waals surface area contributed by atoms with Crippen LogP contribution in [0.3, 0.4) is 0 Å². The molecule has 3 rings (SSSR count). The van der Waals surface area contributed by atoms with E-state index in [1.807, 2.05) is 0 Å². The molecule has 1 aliphatic carbocycles. The summed E-state index contributed by atoms with van der Waals surface area (Å²) in [5.74, 6) is -1.46. The molecule has 0 bridgehead atoms. The Balaban J connectivity index is 2.11. The van der Waals surface area contributed by atoms with Crippen LogP contribution < -0.4 is 0 Å². The van der Waals surface area contributed by atoms with Crippen molar-refractivity contribution in [1.82, 2.24) is 0 Å². The lowest BCUT2D eigenvalue weighted by Gasteiger charge is -2.13. The quantitative estimate of drug-likeness (QED) is 0.154. The molecule has 0 unspecified atom stereocenters. The fraction of sp³-hybridized carbons (Fsp3) is 0.250. The van der Waals surface area contributed by atoms with Crippen LogP contribution in [0.4, 0.5) is 17.6 Å². The molecule has 0 N–H and O–H groups in total. The topological polar surface area (TPSA) is 26.3 Å². The fourth-order valence-corrected chi connectivity index (χ4v) is 4.97. The Morgan fingerprint density at radius 1 is 1.17 bits per heavy atom. The highest BCUT2D eigenvalue weighted by atomic mass is 35.5. The van der Waals surface area contributed by atoms with Crippen LogP contribution in [0.1, 0.15) is 37.7 Å². The molecule has 0 spiro atoms. The minimum Gasteiger partial charge on any atom is -0.496 e. The molecule has 0 amide bonds. The molecule has 0 aliphatic heterocycles. The summed E-state index contributed by atoms with van der Waals surface area (Å²) in [4.78, 5) is 13.7. The maximum absolute atomic E-state index is 13.7. The molecule has 1 heterocycles. The Kier molecular flexibility index (Phi) is 6.13. The molecule has 0 fully saturated rings. The highest BCUT2D eigenvalue weighted by molar-refractivity contribution is 7.15. The zero-order chi connectivity index (χ0) is 21.5. The van der Waals surface area contributed by atoms with Gasteiger partial charge >= 0.3 is 6.18 Å². The van der Waals surface area contributed by atoms with Gasteiger partial charge in [-0.15, -0.1) is 11.3 Å². The van der Waals surface area contributed by atoms with Gasteiger partial charge in [0.25, 0.3) is 0 Å². The summed E-state index contributed by atoms with van der Waals surface area (Å²) < 4.78 is 59.8. The number of carbonyl (C=O) groups is 1. The number of ketones is 1. The number of fused-ring (bicyclic) bond motifs is 1. The van der Waals surface area contributed by atoms with E-state index in [1.165, 1.54) is 7.11 Å². The lowest BCUT2D eigenvalue weighted by atomic mass is 10.0. The van der Waals surface area contributed by atoms with Gasteiger partial charge in [0.05, 0.1) is 32.5 Å². The summed E-state index contributed by atoms with van der Waals surface area (Å²) in [7, 11) is 1.44. The second-order valence-corrected chi connectivity index (χ2v) is 8.21. The van der Waals surface area contributed by atoms with Gasteiger partial charge in [-0.25, -0.2) is 4.39 Å². The van der Waals surface area contributed by atoms with Gasteiger partial charge in [0, 0.05) is 0 Å². The number of allylic oxidation sites excluding steroid dienone is 2. The molecule has 9 heteroatoms. The van der Waals surface area contributed by atoms with E-state index in [0.717, 1.165) is 41.0 Å². The first-order chi connectivity index (χ1) is 13.5. The summed E-state index contributed by atoms with van der Waals surface area (Å²) in [6, 6.07) is 1.60. The second kappa shape index (κ2) is 8.13. The van der Waals surface area contributed by atoms with Crippen LogP contribution in [0.2, 0.25) is 10.0 Å². The molecule has 1 aliphatic rings. The average Bonchev–Trinajstić information content (AvgIpc) is 3.24. The van der Waals surface area contributed by atoms with Gasteiger partial charge in [-0.1, -0.05) is 29.8 Å². The summed E-state index contributed by atoms with van der Waals surface area (Å²) in [6.07, 6.45) is -2.28. The molecule has 29 heavy (non-hydrogen) atoms. The number of ether oxygens (including phenoxy) is 1. The number of methoxy groups -OCH3 is 1. The summed E-state index contributed by atoms with van der Waals surface area (Å²) in [6.45, 7) is 3.79. The molecule has 2 aromatic rings. The predicted octanol–water partition coefficient (Wildman–Crippen LogP) is 7.13. The van der Waals surface area contributed by atoms with E-state index in [9.17, 15) is 22.4 Å². The van der Waals surface area contributed by atoms with Gasteiger partial charge in [0.2, 0.25) is 0 Å². The van der Waals surface area contributed by atoms with Crippen molar-refractivity contribution in [2.75, 3.05) is 7.11 Å². The number of thiophene rings is 1. The minimum absolute atomic E-state index is 0.215. The minimum atomic E-state index is -4.88. The van der Waals surface area contributed by atoms with Crippen LogP contribution in [0.25, 0.3) is 11.3 Å². The first kappa shape index (κ1) is 21.9.